The molecule has 108 valence electrons. The van der Waals surface area contributed by atoms with E-state index in [9.17, 15) is 5.26 Å². The van der Waals surface area contributed by atoms with Crippen LogP contribution in [0.25, 0.3) is 0 Å². The monoisotopic (exact) mass is 310 g/mol. The van der Waals surface area contributed by atoms with E-state index in [4.69, 9.17) is 11.6 Å². The zero-order valence-electron chi connectivity index (χ0n) is 11.5. The van der Waals surface area contributed by atoms with Gasteiger partial charge in [0, 0.05) is 5.02 Å². The average Bonchev–Trinajstić information content (AvgIpc) is 3.26. The summed E-state index contributed by atoms with van der Waals surface area (Å²) in [6.45, 7) is 1.92. The molecule has 0 radical (unpaired) electrons. The van der Waals surface area contributed by atoms with Gasteiger partial charge < -0.3 is 5.32 Å². The van der Waals surface area contributed by atoms with E-state index in [1.807, 2.05) is 6.07 Å². The van der Waals surface area contributed by atoms with Crippen molar-refractivity contribution in [3.8, 4) is 6.07 Å². The number of hydrogen-bond acceptors (Lipinski definition) is 2. The molecule has 0 unspecified atom stereocenters. The molecule has 4 heteroatoms. The predicted octanol–water partition coefficient (Wildman–Crippen LogP) is 4.08. The first-order valence-corrected chi connectivity index (χ1v) is 7.51. The Morgan fingerprint density at radius 1 is 1.30 bits per heavy atom. The van der Waals surface area contributed by atoms with Gasteiger partial charge in [-0.15, -0.1) is 12.4 Å². The number of nitrogens with zero attached hydrogens (tertiary/aromatic N) is 1. The first-order valence-electron chi connectivity index (χ1n) is 7.13. The number of rotatable bonds is 3. The van der Waals surface area contributed by atoms with Gasteiger partial charge in [0.1, 0.15) is 0 Å². The molecule has 20 heavy (non-hydrogen) atoms. The minimum atomic E-state index is -0.178. The molecule has 2 nitrogen and oxygen atoms in total. The van der Waals surface area contributed by atoms with Gasteiger partial charge in [-0.05, 0) is 74.4 Å². The molecule has 3 rings (SSSR count). The lowest BCUT2D eigenvalue weighted by atomic mass is 9.74. The van der Waals surface area contributed by atoms with E-state index in [0.29, 0.717) is 5.92 Å². The van der Waals surface area contributed by atoms with Crippen LogP contribution in [0.2, 0.25) is 5.02 Å². The molecule has 1 heterocycles. The third kappa shape index (κ3) is 3.28. The second kappa shape index (κ2) is 6.35. The molecule has 0 atom stereocenters. The molecule has 0 amide bonds. The summed E-state index contributed by atoms with van der Waals surface area (Å²) < 4.78 is 0. The maximum Gasteiger partial charge on any atom is 0.0694 e. The SMILES string of the molecule is Cl.N#CC1(Cc2ccc(Cl)cc2C2CC2)CCNCC1. The molecule has 2 fully saturated rings. The van der Waals surface area contributed by atoms with E-state index in [1.54, 1.807) is 0 Å². The fraction of sp³-hybridized carbons (Fsp3) is 0.562. The van der Waals surface area contributed by atoms with Gasteiger partial charge in [-0.3, -0.25) is 0 Å². The summed E-state index contributed by atoms with van der Waals surface area (Å²) in [5, 5.41) is 13.8. The van der Waals surface area contributed by atoms with Crippen molar-refractivity contribution >= 4 is 24.0 Å². The zero-order chi connectivity index (χ0) is 13.3. The molecule has 2 aliphatic rings. The van der Waals surface area contributed by atoms with Crippen LogP contribution in [0.15, 0.2) is 18.2 Å². The summed E-state index contributed by atoms with van der Waals surface area (Å²) in [7, 11) is 0. The number of halogens is 2. The van der Waals surface area contributed by atoms with Gasteiger partial charge >= 0.3 is 0 Å². The first kappa shape index (κ1) is 15.6. The van der Waals surface area contributed by atoms with Crippen molar-refractivity contribution in [3.63, 3.8) is 0 Å². The zero-order valence-corrected chi connectivity index (χ0v) is 13.1. The Balaban J connectivity index is 0.00000147. The normalized spacial score (nSPS) is 20.8. The van der Waals surface area contributed by atoms with Crippen molar-refractivity contribution < 1.29 is 0 Å². The fourth-order valence-electron chi connectivity index (χ4n) is 3.10. The smallest absolute Gasteiger partial charge is 0.0694 e. The highest BCUT2D eigenvalue weighted by Gasteiger charge is 2.34. The number of nitriles is 1. The highest BCUT2D eigenvalue weighted by atomic mass is 35.5. The Labute approximate surface area is 131 Å². The minimum Gasteiger partial charge on any atom is -0.317 e. The van der Waals surface area contributed by atoms with Crippen LogP contribution in [-0.2, 0) is 6.42 Å². The van der Waals surface area contributed by atoms with Crippen molar-refractivity contribution in [3.05, 3.63) is 34.3 Å². The highest BCUT2D eigenvalue weighted by molar-refractivity contribution is 6.30. The van der Waals surface area contributed by atoms with Crippen LogP contribution < -0.4 is 5.32 Å². The largest absolute Gasteiger partial charge is 0.317 e. The number of nitrogens with one attached hydrogen (secondary N) is 1. The van der Waals surface area contributed by atoms with Crippen molar-refractivity contribution in [2.75, 3.05) is 13.1 Å². The van der Waals surface area contributed by atoms with Crippen LogP contribution in [0.3, 0.4) is 0 Å². The Bertz CT molecular complexity index is 512. The molecular weight excluding hydrogens is 291 g/mol. The fourth-order valence-corrected chi connectivity index (χ4v) is 3.28. The van der Waals surface area contributed by atoms with Gasteiger partial charge in [-0.2, -0.15) is 5.26 Å². The van der Waals surface area contributed by atoms with Gasteiger partial charge in [0.05, 0.1) is 11.5 Å². The second-order valence-corrected chi connectivity index (χ2v) is 6.37. The molecule has 0 aromatic heterocycles. The maximum absolute atomic E-state index is 9.60. The van der Waals surface area contributed by atoms with Crippen molar-refractivity contribution in [1.29, 1.82) is 5.26 Å². The van der Waals surface area contributed by atoms with Crippen LogP contribution in [0.5, 0.6) is 0 Å². The molecule has 0 bridgehead atoms. The standard InChI is InChI=1S/C16H19ClN2.ClH/c17-14-4-3-13(15(9-14)12-1-2-12)10-16(11-18)5-7-19-8-6-16;/h3-4,9,12,19H,1-2,5-8,10H2;1H. The molecule has 1 aliphatic heterocycles. The lowest BCUT2D eigenvalue weighted by Gasteiger charge is -2.32. The lowest BCUT2D eigenvalue weighted by molar-refractivity contribution is 0.280. The summed E-state index contributed by atoms with van der Waals surface area (Å²) in [6, 6.07) is 8.81. The molecular formula is C16H20Cl2N2. The van der Waals surface area contributed by atoms with E-state index >= 15 is 0 Å². The number of hydrogen-bond donors (Lipinski definition) is 1. The summed E-state index contributed by atoms with van der Waals surface area (Å²) in [6.07, 6.45) is 5.34. The van der Waals surface area contributed by atoms with Crippen molar-refractivity contribution in [2.45, 2.75) is 38.0 Å². The summed E-state index contributed by atoms with van der Waals surface area (Å²) in [4.78, 5) is 0. The minimum absolute atomic E-state index is 0. The topological polar surface area (TPSA) is 35.8 Å². The predicted molar refractivity (Wildman–Crippen MR) is 84.5 cm³/mol. The van der Waals surface area contributed by atoms with Gasteiger partial charge in [0.2, 0.25) is 0 Å². The number of piperidine rings is 1. The van der Waals surface area contributed by atoms with E-state index < -0.39 is 0 Å². The molecule has 0 spiro atoms. The summed E-state index contributed by atoms with van der Waals surface area (Å²) in [5.74, 6) is 0.686. The second-order valence-electron chi connectivity index (χ2n) is 5.94. The quantitative estimate of drug-likeness (QED) is 0.913. The molecule has 1 saturated heterocycles. The van der Waals surface area contributed by atoms with Crippen LogP contribution in [0.1, 0.15) is 42.7 Å². The molecule has 1 N–H and O–H groups in total. The van der Waals surface area contributed by atoms with Crippen LogP contribution in [0, 0.1) is 16.7 Å². The van der Waals surface area contributed by atoms with E-state index in [2.05, 4.69) is 23.5 Å². The molecule has 1 aromatic carbocycles. The molecule has 1 aromatic rings. The third-order valence-electron chi connectivity index (χ3n) is 4.45. The third-order valence-corrected chi connectivity index (χ3v) is 4.69. The van der Waals surface area contributed by atoms with Gasteiger partial charge in [0.15, 0.2) is 0 Å². The summed E-state index contributed by atoms with van der Waals surface area (Å²) in [5.41, 5.74) is 2.55. The molecule has 1 aliphatic carbocycles. The lowest BCUT2D eigenvalue weighted by Crippen LogP contribution is -2.37. The van der Waals surface area contributed by atoms with E-state index in [-0.39, 0.29) is 17.8 Å². The van der Waals surface area contributed by atoms with Gasteiger partial charge in [0.25, 0.3) is 0 Å². The first-order chi connectivity index (χ1) is 9.22. The number of benzene rings is 1. The van der Waals surface area contributed by atoms with Crippen LogP contribution in [-0.4, -0.2) is 13.1 Å². The molecule has 1 saturated carbocycles. The Kier molecular flexibility index (Phi) is 4.96. The maximum atomic E-state index is 9.60. The Morgan fingerprint density at radius 3 is 2.60 bits per heavy atom. The summed E-state index contributed by atoms with van der Waals surface area (Å²) >= 11 is 6.12. The van der Waals surface area contributed by atoms with Crippen molar-refractivity contribution in [2.24, 2.45) is 5.41 Å². The van der Waals surface area contributed by atoms with Gasteiger partial charge in [-0.25, -0.2) is 0 Å². The van der Waals surface area contributed by atoms with Crippen LogP contribution in [0.4, 0.5) is 0 Å². The highest BCUT2D eigenvalue weighted by Crippen LogP contribution is 2.44. The Hall–Kier alpha value is -0.750. The van der Waals surface area contributed by atoms with Crippen molar-refractivity contribution in [1.82, 2.24) is 5.32 Å². The Morgan fingerprint density at radius 2 is 2.00 bits per heavy atom. The van der Waals surface area contributed by atoms with E-state index in [1.165, 1.54) is 24.0 Å². The van der Waals surface area contributed by atoms with Gasteiger partial charge in [-0.1, -0.05) is 17.7 Å². The van der Waals surface area contributed by atoms with Crippen LogP contribution >= 0.6 is 24.0 Å². The average molecular weight is 311 g/mol. The van der Waals surface area contributed by atoms with E-state index in [0.717, 1.165) is 37.4 Å².